The molecular weight excluding hydrogens is 394 g/mol. The molecular formula is C20H22BrN3S. The molecule has 3 nitrogen and oxygen atoms in total. The highest BCUT2D eigenvalue weighted by atomic mass is 79.9. The SMILES string of the molecule is CC(C)CCc1cc(-c2ccc(Br)cc2)n(-c2ccc(SN)cc2)n1. The van der Waals surface area contributed by atoms with E-state index < -0.39 is 0 Å². The van der Waals surface area contributed by atoms with Gasteiger partial charge in [-0.3, -0.25) is 5.14 Å². The fourth-order valence-electron chi connectivity index (χ4n) is 2.68. The van der Waals surface area contributed by atoms with E-state index in [1.165, 1.54) is 11.9 Å². The molecule has 1 aromatic heterocycles. The second-order valence-corrected chi connectivity index (χ2v) is 8.11. The summed E-state index contributed by atoms with van der Waals surface area (Å²) in [7, 11) is 0. The fraction of sp³-hybridized carbons (Fsp3) is 0.250. The lowest BCUT2D eigenvalue weighted by Crippen LogP contribution is -2.00. The number of benzene rings is 2. The van der Waals surface area contributed by atoms with Gasteiger partial charge in [0.2, 0.25) is 0 Å². The zero-order valence-electron chi connectivity index (χ0n) is 14.4. The predicted octanol–water partition coefficient (Wildman–Crippen LogP) is 5.86. The highest BCUT2D eigenvalue weighted by Gasteiger charge is 2.12. The lowest BCUT2D eigenvalue weighted by molar-refractivity contribution is 0.579. The Morgan fingerprint density at radius 1 is 1.08 bits per heavy atom. The van der Waals surface area contributed by atoms with E-state index in [4.69, 9.17) is 10.2 Å². The fourth-order valence-corrected chi connectivity index (χ4v) is 3.24. The van der Waals surface area contributed by atoms with Crippen LogP contribution in [0.25, 0.3) is 16.9 Å². The molecule has 0 spiro atoms. The minimum atomic E-state index is 0.669. The van der Waals surface area contributed by atoms with Gasteiger partial charge in [-0.25, -0.2) is 4.68 Å². The van der Waals surface area contributed by atoms with Gasteiger partial charge in [0.1, 0.15) is 0 Å². The van der Waals surface area contributed by atoms with Crippen LogP contribution in [0.4, 0.5) is 0 Å². The summed E-state index contributed by atoms with van der Waals surface area (Å²) < 4.78 is 3.11. The number of nitrogens with two attached hydrogens (primary N) is 1. The standard InChI is InChI=1S/C20H22BrN3S/c1-14(2)3-8-17-13-20(15-4-6-16(21)7-5-15)24(23-17)18-9-11-19(25-22)12-10-18/h4-7,9-14H,3,8,22H2,1-2H3. The van der Waals surface area contributed by atoms with Gasteiger partial charge in [0.05, 0.1) is 17.1 Å². The summed E-state index contributed by atoms with van der Waals surface area (Å²) in [6.45, 7) is 4.49. The maximum Gasteiger partial charge on any atom is 0.0743 e. The van der Waals surface area contributed by atoms with Crippen LogP contribution in [0.3, 0.4) is 0 Å². The van der Waals surface area contributed by atoms with Gasteiger partial charge in [-0.1, -0.05) is 41.9 Å². The van der Waals surface area contributed by atoms with Gasteiger partial charge in [-0.2, -0.15) is 5.10 Å². The Labute approximate surface area is 161 Å². The Kier molecular flexibility index (Phi) is 5.99. The summed E-state index contributed by atoms with van der Waals surface area (Å²) in [6.07, 6.45) is 2.13. The summed E-state index contributed by atoms with van der Waals surface area (Å²) in [6, 6.07) is 18.8. The highest BCUT2D eigenvalue weighted by molar-refractivity contribution is 9.10. The van der Waals surface area contributed by atoms with Crippen molar-refractivity contribution in [3.05, 3.63) is 64.8 Å². The molecule has 25 heavy (non-hydrogen) atoms. The lowest BCUT2D eigenvalue weighted by Gasteiger charge is -2.08. The number of rotatable bonds is 6. The summed E-state index contributed by atoms with van der Waals surface area (Å²) in [4.78, 5) is 1.04. The van der Waals surface area contributed by atoms with E-state index >= 15 is 0 Å². The largest absolute Gasteiger partial charge is 0.274 e. The predicted molar refractivity (Wildman–Crippen MR) is 110 cm³/mol. The Morgan fingerprint density at radius 2 is 1.76 bits per heavy atom. The van der Waals surface area contributed by atoms with Crippen LogP contribution in [0.5, 0.6) is 0 Å². The second kappa shape index (κ2) is 8.21. The van der Waals surface area contributed by atoms with Crippen molar-refractivity contribution in [3.63, 3.8) is 0 Å². The van der Waals surface area contributed by atoms with E-state index in [0.717, 1.165) is 44.8 Å². The molecule has 0 aliphatic carbocycles. The van der Waals surface area contributed by atoms with Crippen LogP contribution >= 0.6 is 27.9 Å². The van der Waals surface area contributed by atoms with Gasteiger partial charge in [0.15, 0.2) is 0 Å². The molecule has 3 aromatic rings. The molecule has 0 unspecified atom stereocenters. The van der Waals surface area contributed by atoms with E-state index in [9.17, 15) is 0 Å². The number of aryl methyl sites for hydroxylation is 1. The van der Waals surface area contributed by atoms with Crippen LogP contribution in [0.15, 0.2) is 64.0 Å². The monoisotopic (exact) mass is 415 g/mol. The third-order valence-electron chi connectivity index (χ3n) is 4.10. The molecule has 3 rings (SSSR count). The van der Waals surface area contributed by atoms with Crippen LogP contribution in [0, 0.1) is 5.92 Å². The topological polar surface area (TPSA) is 43.8 Å². The molecule has 0 bridgehead atoms. The summed E-state index contributed by atoms with van der Waals surface area (Å²) in [5.74, 6) is 0.669. The third-order valence-corrected chi connectivity index (χ3v) is 5.17. The first-order valence-electron chi connectivity index (χ1n) is 8.39. The summed E-state index contributed by atoms with van der Waals surface area (Å²) in [5, 5.41) is 10.5. The van der Waals surface area contributed by atoms with Gasteiger partial charge in [-0.15, -0.1) is 0 Å². The Morgan fingerprint density at radius 3 is 2.36 bits per heavy atom. The van der Waals surface area contributed by atoms with Crippen molar-refractivity contribution in [2.24, 2.45) is 11.1 Å². The average Bonchev–Trinajstić information content (AvgIpc) is 3.05. The lowest BCUT2D eigenvalue weighted by atomic mass is 10.1. The minimum Gasteiger partial charge on any atom is -0.274 e. The van der Waals surface area contributed by atoms with Gasteiger partial charge in [-0.05, 0) is 73.2 Å². The first-order chi connectivity index (χ1) is 12.1. The molecule has 0 radical (unpaired) electrons. The Hall–Kier alpha value is -1.56. The third kappa shape index (κ3) is 4.54. The van der Waals surface area contributed by atoms with E-state index in [1.807, 2.05) is 16.8 Å². The smallest absolute Gasteiger partial charge is 0.0743 e. The van der Waals surface area contributed by atoms with Crippen molar-refractivity contribution in [2.75, 3.05) is 0 Å². The van der Waals surface area contributed by atoms with E-state index in [2.05, 4.69) is 72.2 Å². The molecule has 0 atom stereocenters. The highest BCUT2D eigenvalue weighted by Crippen LogP contribution is 2.27. The van der Waals surface area contributed by atoms with Crippen LogP contribution < -0.4 is 5.14 Å². The Balaban J connectivity index is 2.02. The molecule has 0 saturated heterocycles. The van der Waals surface area contributed by atoms with Crippen molar-refractivity contribution in [2.45, 2.75) is 31.6 Å². The number of aromatic nitrogens is 2. The molecule has 130 valence electrons. The van der Waals surface area contributed by atoms with Crippen LogP contribution in [-0.4, -0.2) is 9.78 Å². The first kappa shape index (κ1) is 18.2. The van der Waals surface area contributed by atoms with E-state index in [1.54, 1.807) is 0 Å². The van der Waals surface area contributed by atoms with Crippen LogP contribution in [0.2, 0.25) is 0 Å². The van der Waals surface area contributed by atoms with Crippen molar-refractivity contribution in [1.82, 2.24) is 9.78 Å². The average molecular weight is 416 g/mol. The number of halogens is 1. The van der Waals surface area contributed by atoms with Gasteiger partial charge >= 0.3 is 0 Å². The molecule has 0 aliphatic heterocycles. The zero-order chi connectivity index (χ0) is 17.8. The van der Waals surface area contributed by atoms with Gasteiger partial charge in [0, 0.05) is 14.9 Å². The quantitative estimate of drug-likeness (QED) is 0.512. The number of hydrogen-bond donors (Lipinski definition) is 1. The van der Waals surface area contributed by atoms with Gasteiger partial charge < -0.3 is 0 Å². The van der Waals surface area contributed by atoms with Crippen molar-refractivity contribution >= 4 is 27.9 Å². The normalized spacial score (nSPS) is 11.2. The summed E-state index contributed by atoms with van der Waals surface area (Å²) in [5.41, 5.74) is 4.44. The maximum atomic E-state index is 5.64. The zero-order valence-corrected chi connectivity index (χ0v) is 16.8. The molecule has 1 heterocycles. The Bertz CT molecular complexity index is 823. The maximum absolute atomic E-state index is 5.64. The van der Waals surface area contributed by atoms with Gasteiger partial charge in [0.25, 0.3) is 0 Å². The second-order valence-electron chi connectivity index (χ2n) is 6.48. The van der Waals surface area contributed by atoms with Crippen molar-refractivity contribution in [1.29, 1.82) is 0 Å². The molecule has 0 amide bonds. The van der Waals surface area contributed by atoms with E-state index in [0.29, 0.717) is 5.92 Å². The molecule has 0 fully saturated rings. The van der Waals surface area contributed by atoms with Crippen LogP contribution in [-0.2, 0) is 6.42 Å². The molecule has 0 aliphatic rings. The molecule has 2 aromatic carbocycles. The minimum absolute atomic E-state index is 0.669. The van der Waals surface area contributed by atoms with E-state index in [-0.39, 0.29) is 0 Å². The first-order valence-corrected chi connectivity index (χ1v) is 10.1. The van der Waals surface area contributed by atoms with Crippen LogP contribution in [0.1, 0.15) is 26.0 Å². The van der Waals surface area contributed by atoms with Crippen molar-refractivity contribution in [3.8, 4) is 16.9 Å². The van der Waals surface area contributed by atoms with Crippen molar-refractivity contribution < 1.29 is 0 Å². The number of nitrogens with zero attached hydrogens (tertiary/aromatic N) is 2. The molecule has 2 N–H and O–H groups in total. The number of hydrogen-bond acceptors (Lipinski definition) is 3. The molecule has 0 saturated carbocycles. The molecule has 5 heteroatoms. The summed E-state index contributed by atoms with van der Waals surface area (Å²) >= 11 is 4.76.